The van der Waals surface area contributed by atoms with Crippen LogP contribution in [0.3, 0.4) is 0 Å². The predicted molar refractivity (Wildman–Crippen MR) is 128 cm³/mol. The van der Waals surface area contributed by atoms with E-state index < -0.39 is 5.66 Å². The predicted octanol–water partition coefficient (Wildman–Crippen LogP) is 4.57. The average molecular weight is 452 g/mol. The van der Waals surface area contributed by atoms with Gasteiger partial charge in [-0.25, -0.2) is 4.79 Å². The molecule has 2 N–H and O–H groups in total. The van der Waals surface area contributed by atoms with Crippen molar-refractivity contribution in [1.82, 2.24) is 10.2 Å². The second-order valence-electron chi connectivity index (χ2n) is 8.67. The molecule has 1 spiro atoms. The Labute approximate surface area is 195 Å². The molecule has 0 bridgehead atoms. The molecule has 1 atom stereocenters. The molecule has 1 saturated heterocycles. The maximum absolute atomic E-state index is 12.2. The first-order valence-corrected chi connectivity index (χ1v) is 11.7. The minimum Gasteiger partial charge on any atom is -0.504 e. The lowest BCUT2D eigenvalue weighted by molar-refractivity contribution is 0.0778. The first kappa shape index (κ1) is 23.1. The molecule has 1 amide bonds. The van der Waals surface area contributed by atoms with E-state index in [-0.39, 0.29) is 17.9 Å². The van der Waals surface area contributed by atoms with Crippen molar-refractivity contribution in [3.63, 3.8) is 0 Å². The average Bonchev–Trinajstić information content (AvgIpc) is 2.81. The van der Waals surface area contributed by atoms with E-state index in [2.05, 4.69) is 36.5 Å². The number of ether oxygens (including phenoxy) is 2. The fourth-order valence-electron chi connectivity index (χ4n) is 4.64. The topological polar surface area (TPSA) is 83.4 Å². The van der Waals surface area contributed by atoms with E-state index in [4.69, 9.17) is 14.5 Å². The Morgan fingerprint density at radius 1 is 1.15 bits per heavy atom. The smallest absolute Gasteiger partial charge is 0.409 e. The van der Waals surface area contributed by atoms with Gasteiger partial charge in [-0.3, -0.25) is 10.3 Å². The van der Waals surface area contributed by atoms with E-state index >= 15 is 0 Å². The van der Waals surface area contributed by atoms with Crippen molar-refractivity contribution in [2.45, 2.75) is 51.7 Å². The molecule has 0 aromatic heterocycles. The lowest BCUT2D eigenvalue weighted by Gasteiger charge is -2.45. The number of nitrogens with zero attached hydrogens (tertiary/aromatic N) is 2. The normalized spacial score (nSPS) is 19.8. The molecule has 176 valence electrons. The lowest BCUT2D eigenvalue weighted by atomic mass is 9.87. The van der Waals surface area contributed by atoms with Gasteiger partial charge in [0.1, 0.15) is 5.66 Å². The van der Waals surface area contributed by atoms with Crippen molar-refractivity contribution < 1.29 is 19.4 Å². The highest BCUT2D eigenvalue weighted by molar-refractivity contribution is 6.01. The van der Waals surface area contributed by atoms with E-state index in [1.54, 1.807) is 11.0 Å². The number of aromatic hydroxyl groups is 1. The van der Waals surface area contributed by atoms with Crippen molar-refractivity contribution in [3.8, 4) is 11.5 Å². The van der Waals surface area contributed by atoms with E-state index in [0.29, 0.717) is 51.3 Å². The van der Waals surface area contributed by atoms with Crippen LogP contribution in [0.2, 0.25) is 0 Å². The number of nitrogens with one attached hydrogen (secondary N) is 1. The van der Waals surface area contributed by atoms with E-state index in [0.717, 1.165) is 16.8 Å². The van der Waals surface area contributed by atoms with Gasteiger partial charge in [-0.1, -0.05) is 42.0 Å². The second kappa shape index (κ2) is 9.83. The minimum atomic E-state index is -0.514. The van der Waals surface area contributed by atoms with Crippen molar-refractivity contribution in [2.75, 3.05) is 26.3 Å². The summed E-state index contributed by atoms with van der Waals surface area (Å²) in [6, 6.07) is 13.9. The number of phenols is 1. The second-order valence-corrected chi connectivity index (χ2v) is 8.67. The number of hydrogen-bond donors (Lipinski definition) is 2. The highest BCUT2D eigenvalue weighted by Crippen LogP contribution is 2.40. The van der Waals surface area contributed by atoms with Crippen LogP contribution < -0.4 is 10.1 Å². The summed E-state index contributed by atoms with van der Waals surface area (Å²) in [5.41, 5.74) is 3.57. The molecule has 2 aliphatic heterocycles. The van der Waals surface area contributed by atoms with Gasteiger partial charge >= 0.3 is 6.09 Å². The summed E-state index contributed by atoms with van der Waals surface area (Å²) in [7, 11) is 0. The molecule has 4 rings (SSSR count). The van der Waals surface area contributed by atoms with Crippen LogP contribution in [-0.4, -0.2) is 53.8 Å². The highest BCUT2D eigenvalue weighted by atomic mass is 16.6. The third-order valence-electron chi connectivity index (χ3n) is 6.40. The van der Waals surface area contributed by atoms with Crippen molar-refractivity contribution in [3.05, 3.63) is 59.2 Å². The van der Waals surface area contributed by atoms with Crippen LogP contribution in [0.15, 0.2) is 47.5 Å². The van der Waals surface area contributed by atoms with Crippen molar-refractivity contribution >= 4 is 11.8 Å². The van der Waals surface area contributed by atoms with Crippen LogP contribution >= 0.6 is 0 Å². The number of rotatable bonds is 5. The number of likely N-dealkylation sites (tertiary alicyclic amines) is 1. The molecule has 2 aromatic rings. The zero-order chi connectivity index (χ0) is 23.4. The van der Waals surface area contributed by atoms with Crippen molar-refractivity contribution in [1.29, 1.82) is 0 Å². The standard InChI is InChI=1S/C26H33N3O4/c1-4-32-23-8-6-7-20(24(23)30)22-17-21(19-11-9-18(3)10-12-19)27-26(28-22)13-15-29(16-14-26)25(31)33-5-2/h6-12,22,28,30H,4-5,13-17H2,1-3H3/t22-/m0/s1. The van der Waals surface area contributed by atoms with Gasteiger partial charge in [0.2, 0.25) is 0 Å². The highest BCUT2D eigenvalue weighted by Gasteiger charge is 2.41. The summed E-state index contributed by atoms with van der Waals surface area (Å²) in [6.07, 6.45) is 1.72. The molecular weight excluding hydrogens is 418 g/mol. The van der Waals surface area contributed by atoms with E-state index in [1.165, 1.54) is 5.56 Å². The summed E-state index contributed by atoms with van der Waals surface area (Å²) in [5.74, 6) is 0.656. The number of para-hydroxylation sites is 1. The maximum Gasteiger partial charge on any atom is 0.409 e. The van der Waals surface area contributed by atoms with Crippen LogP contribution in [-0.2, 0) is 4.74 Å². The Bertz CT molecular complexity index is 1010. The summed E-state index contributed by atoms with van der Waals surface area (Å²) in [4.78, 5) is 19.2. The number of phenolic OH excluding ortho intramolecular Hbond substituents is 1. The Kier molecular flexibility index (Phi) is 6.88. The summed E-state index contributed by atoms with van der Waals surface area (Å²) < 4.78 is 10.8. The SMILES string of the molecule is CCOC(=O)N1CCC2(CC1)N=C(c1ccc(C)cc1)C[C@@H](c1cccc(OCC)c1O)N2. The van der Waals surface area contributed by atoms with Gasteiger partial charge in [-0.15, -0.1) is 0 Å². The van der Waals surface area contributed by atoms with Crippen LogP contribution in [0.5, 0.6) is 11.5 Å². The number of carbonyl (C=O) groups is 1. The van der Waals surface area contributed by atoms with Crippen LogP contribution in [0.4, 0.5) is 4.79 Å². The Morgan fingerprint density at radius 2 is 1.88 bits per heavy atom. The number of carbonyl (C=O) groups excluding carboxylic acids is 1. The van der Waals surface area contributed by atoms with Crippen LogP contribution in [0.1, 0.15) is 55.8 Å². The molecule has 33 heavy (non-hydrogen) atoms. The molecule has 0 saturated carbocycles. The molecule has 1 fully saturated rings. The third-order valence-corrected chi connectivity index (χ3v) is 6.40. The Hall–Kier alpha value is -3.06. The number of aliphatic imine (C=N–C) groups is 1. The molecule has 0 radical (unpaired) electrons. The first-order valence-electron chi connectivity index (χ1n) is 11.7. The number of piperidine rings is 1. The molecule has 2 heterocycles. The zero-order valence-corrected chi connectivity index (χ0v) is 19.6. The summed E-state index contributed by atoms with van der Waals surface area (Å²) >= 11 is 0. The fourth-order valence-corrected chi connectivity index (χ4v) is 4.64. The van der Waals surface area contributed by atoms with E-state index in [9.17, 15) is 9.90 Å². The van der Waals surface area contributed by atoms with Gasteiger partial charge in [0.25, 0.3) is 0 Å². The largest absolute Gasteiger partial charge is 0.504 e. The number of hydrogen-bond acceptors (Lipinski definition) is 6. The monoisotopic (exact) mass is 451 g/mol. The van der Waals surface area contributed by atoms with Gasteiger partial charge in [-0.05, 0) is 32.4 Å². The summed E-state index contributed by atoms with van der Waals surface area (Å²) in [5, 5.41) is 14.7. The zero-order valence-electron chi connectivity index (χ0n) is 19.6. The van der Waals surface area contributed by atoms with Gasteiger partial charge < -0.3 is 19.5 Å². The number of benzene rings is 2. The lowest BCUT2D eigenvalue weighted by Crippen LogP contribution is -2.56. The number of amides is 1. The maximum atomic E-state index is 12.2. The molecule has 2 aromatic carbocycles. The van der Waals surface area contributed by atoms with Crippen molar-refractivity contribution in [2.24, 2.45) is 4.99 Å². The third kappa shape index (κ3) is 4.98. The van der Waals surface area contributed by atoms with Crippen LogP contribution in [0, 0.1) is 6.92 Å². The molecule has 0 aliphatic carbocycles. The van der Waals surface area contributed by atoms with Gasteiger partial charge in [0.05, 0.1) is 13.2 Å². The Morgan fingerprint density at radius 3 is 2.55 bits per heavy atom. The molecule has 7 nitrogen and oxygen atoms in total. The summed E-state index contributed by atoms with van der Waals surface area (Å²) in [6.45, 7) is 7.77. The minimum absolute atomic E-state index is 0.131. The van der Waals surface area contributed by atoms with E-state index in [1.807, 2.05) is 26.0 Å². The van der Waals surface area contributed by atoms with Gasteiger partial charge in [0.15, 0.2) is 11.5 Å². The van der Waals surface area contributed by atoms with Gasteiger partial charge in [0, 0.05) is 49.7 Å². The molecule has 2 aliphatic rings. The quantitative estimate of drug-likeness (QED) is 0.696. The first-order chi connectivity index (χ1) is 15.9. The fraction of sp³-hybridized carbons (Fsp3) is 0.462. The van der Waals surface area contributed by atoms with Crippen LogP contribution in [0.25, 0.3) is 0 Å². The Balaban J connectivity index is 1.66. The van der Waals surface area contributed by atoms with Gasteiger partial charge in [-0.2, -0.15) is 0 Å². The molecular formula is C26H33N3O4. The molecule has 7 heteroatoms. The molecule has 0 unspecified atom stereocenters. The number of aryl methyl sites for hydroxylation is 1.